The Morgan fingerprint density at radius 2 is 2.06 bits per heavy atom. The van der Waals surface area contributed by atoms with Crippen LogP contribution in [0.5, 0.6) is 0 Å². The Hall–Kier alpha value is -2.10. The van der Waals surface area contributed by atoms with E-state index in [-0.39, 0.29) is 0 Å². The quantitative estimate of drug-likeness (QED) is 0.729. The van der Waals surface area contributed by atoms with Crippen LogP contribution < -0.4 is 0 Å². The highest BCUT2D eigenvalue weighted by Crippen LogP contribution is 2.17. The fourth-order valence-corrected chi connectivity index (χ4v) is 1.94. The van der Waals surface area contributed by atoms with Crippen molar-refractivity contribution in [2.24, 2.45) is 0 Å². The zero-order chi connectivity index (χ0) is 11.8. The molecule has 3 rings (SSSR count). The standard InChI is InChI=1S/C13H14N4/c1-9-6-11-12(7-10(9)2)16-13(15-11)8-17-5-3-4-14-17/h3-7H,8H2,1-2H3,(H,15,16). The Kier molecular flexibility index (Phi) is 2.21. The number of rotatable bonds is 2. The van der Waals surface area contributed by atoms with Gasteiger partial charge in [-0.25, -0.2) is 4.98 Å². The second-order valence-electron chi connectivity index (χ2n) is 4.34. The molecule has 4 nitrogen and oxygen atoms in total. The molecule has 0 fully saturated rings. The number of aromatic nitrogens is 4. The van der Waals surface area contributed by atoms with E-state index in [1.54, 1.807) is 6.20 Å². The molecule has 2 heterocycles. The van der Waals surface area contributed by atoms with Gasteiger partial charge in [0.15, 0.2) is 0 Å². The number of benzene rings is 1. The monoisotopic (exact) mass is 226 g/mol. The van der Waals surface area contributed by atoms with Crippen LogP contribution in [0.25, 0.3) is 11.0 Å². The van der Waals surface area contributed by atoms with E-state index in [1.807, 2.05) is 16.9 Å². The van der Waals surface area contributed by atoms with Crippen molar-refractivity contribution in [1.29, 1.82) is 0 Å². The van der Waals surface area contributed by atoms with Gasteiger partial charge in [-0.3, -0.25) is 4.68 Å². The maximum Gasteiger partial charge on any atom is 0.129 e. The molecule has 4 heteroatoms. The molecular weight excluding hydrogens is 212 g/mol. The average molecular weight is 226 g/mol. The van der Waals surface area contributed by atoms with E-state index in [2.05, 4.69) is 41.0 Å². The van der Waals surface area contributed by atoms with Crippen molar-refractivity contribution >= 4 is 11.0 Å². The zero-order valence-electron chi connectivity index (χ0n) is 9.94. The highest BCUT2D eigenvalue weighted by molar-refractivity contribution is 5.77. The molecule has 0 unspecified atom stereocenters. The Balaban J connectivity index is 2.02. The SMILES string of the molecule is Cc1cc2nc(Cn3cccn3)[nH]c2cc1C. The molecule has 0 saturated heterocycles. The summed E-state index contributed by atoms with van der Waals surface area (Å²) in [5.41, 5.74) is 4.67. The number of imidazole rings is 1. The van der Waals surface area contributed by atoms with Crippen LogP contribution in [0, 0.1) is 13.8 Å². The molecule has 0 spiro atoms. The Morgan fingerprint density at radius 3 is 2.82 bits per heavy atom. The van der Waals surface area contributed by atoms with Crippen LogP contribution in [0.15, 0.2) is 30.6 Å². The Bertz CT molecular complexity index is 610. The molecule has 1 N–H and O–H groups in total. The second-order valence-corrected chi connectivity index (χ2v) is 4.34. The molecule has 0 saturated carbocycles. The van der Waals surface area contributed by atoms with Crippen molar-refractivity contribution in [2.45, 2.75) is 20.4 Å². The lowest BCUT2D eigenvalue weighted by Gasteiger charge is -1.97. The molecule has 0 aliphatic heterocycles. The number of hydrogen-bond donors (Lipinski definition) is 1. The average Bonchev–Trinajstić information content (AvgIpc) is 2.89. The van der Waals surface area contributed by atoms with Gasteiger partial charge in [-0.2, -0.15) is 5.10 Å². The van der Waals surface area contributed by atoms with Gasteiger partial charge in [0, 0.05) is 12.4 Å². The molecule has 0 aliphatic rings. The van der Waals surface area contributed by atoms with E-state index in [0.29, 0.717) is 6.54 Å². The largest absolute Gasteiger partial charge is 0.340 e. The van der Waals surface area contributed by atoms with Crippen LogP contribution in [-0.4, -0.2) is 19.7 Å². The summed E-state index contributed by atoms with van der Waals surface area (Å²) in [5.74, 6) is 0.939. The number of nitrogens with zero attached hydrogens (tertiary/aromatic N) is 3. The number of aromatic amines is 1. The lowest BCUT2D eigenvalue weighted by atomic mass is 10.1. The van der Waals surface area contributed by atoms with Gasteiger partial charge in [-0.1, -0.05) is 0 Å². The van der Waals surface area contributed by atoms with Crippen LogP contribution in [0.4, 0.5) is 0 Å². The van der Waals surface area contributed by atoms with Crippen molar-refractivity contribution in [1.82, 2.24) is 19.7 Å². The van der Waals surface area contributed by atoms with Crippen molar-refractivity contribution in [2.75, 3.05) is 0 Å². The van der Waals surface area contributed by atoms with E-state index in [1.165, 1.54) is 11.1 Å². The summed E-state index contributed by atoms with van der Waals surface area (Å²) in [5, 5.41) is 4.17. The van der Waals surface area contributed by atoms with Gasteiger partial charge in [0.25, 0.3) is 0 Å². The molecule has 2 aromatic heterocycles. The van der Waals surface area contributed by atoms with Crippen LogP contribution >= 0.6 is 0 Å². The van der Waals surface area contributed by atoms with E-state index >= 15 is 0 Å². The van der Waals surface area contributed by atoms with Crippen molar-refractivity contribution in [3.8, 4) is 0 Å². The molecule has 86 valence electrons. The van der Waals surface area contributed by atoms with Gasteiger partial charge >= 0.3 is 0 Å². The van der Waals surface area contributed by atoms with E-state index in [0.717, 1.165) is 16.9 Å². The first-order chi connectivity index (χ1) is 8.22. The molecule has 0 bridgehead atoms. The summed E-state index contributed by atoms with van der Waals surface area (Å²) in [4.78, 5) is 7.90. The van der Waals surface area contributed by atoms with Gasteiger partial charge in [0.2, 0.25) is 0 Å². The highest BCUT2D eigenvalue weighted by atomic mass is 15.3. The summed E-state index contributed by atoms with van der Waals surface area (Å²) in [6, 6.07) is 6.18. The van der Waals surface area contributed by atoms with Crippen LogP contribution in [0.3, 0.4) is 0 Å². The Labute approximate surface area is 99.3 Å². The fourth-order valence-electron chi connectivity index (χ4n) is 1.94. The van der Waals surface area contributed by atoms with Crippen molar-refractivity contribution in [3.63, 3.8) is 0 Å². The molecule has 17 heavy (non-hydrogen) atoms. The minimum Gasteiger partial charge on any atom is -0.340 e. The molecular formula is C13H14N4. The number of H-pyrrole nitrogens is 1. The fraction of sp³-hybridized carbons (Fsp3) is 0.231. The van der Waals surface area contributed by atoms with Crippen LogP contribution in [-0.2, 0) is 6.54 Å². The predicted molar refractivity (Wildman–Crippen MR) is 66.9 cm³/mol. The maximum atomic E-state index is 4.57. The van der Waals surface area contributed by atoms with Crippen molar-refractivity contribution < 1.29 is 0 Å². The van der Waals surface area contributed by atoms with E-state index in [4.69, 9.17) is 0 Å². The lowest BCUT2D eigenvalue weighted by molar-refractivity contribution is 0.663. The molecule has 0 aliphatic carbocycles. The van der Waals surface area contributed by atoms with Gasteiger partial charge in [0.05, 0.1) is 17.6 Å². The third kappa shape index (κ3) is 1.82. The van der Waals surface area contributed by atoms with Crippen LogP contribution in [0.2, 0.25) is 0 Å². The summed E-state index contributed by atoms with van der Waals surface area (Å²) in [6.07, 6.45) is 3.71. The lowest BCUT2D eigenvalue weighted by Crippen LogP contribution is -2.01. The summed E-state index contributed by atoms with van der Waals surface area (Å²) < 4.78 is 1.86. The van der Waals surface area contributed by atoms with Gasteiger partial charge in [0.1, 0.15) is 5.82 Å². The van der Waals surface area contributed by atoms with Gasteiger partial charge in [-0.15, -0.1) is 0 Å². The molecule has 0 amide bonds. The first-order valence-corrected chi connectivity index (χ1v) is 5.65. The van der Waals surface area contributed by atoms with E-state index in [9.17, 15) is 0 Å². The minimum absolute atomic E-state index is 0.680. The first-order valence-electron chi connectivity index (χ1n) is 5.65. The topological polar surface area (TPSA) is 46.5 Å². The maximum absolute atomic E-state index is 4.57. The normalized spacial score (nSPS) is 11.2. The highest BCUT2D eigenvalue weighted by Gasteiger charge is 2.05. The number of aryl methyl sites for hydroxylation is 2. The predicted octanol–water partition coefficient (Wildman–Crippen LogP) is 2.42. The third-order valence-electron chi connectivity index (χ3n) is 3.02. The first kappa shape index (κ1) is 10.1. The summed E-state index contributed by atoms with van der Waals surface area (Å²) >= 11 is 0. The molecule has 0 radical (unpaired) electrons. The number of fused-ring (bicyclic) bond motifs is 1. The Morgan fingerprint density at radius 1 is 1.24 bits per heavy atom. The second kappa shape index (κ2) is 3.73. The summed E-state index contributed by atoms with van der Waals surface area (Å²) in [7, 11) is 0. The number of hydrogen-bond acceptors (Lipinski definition) is 2. The van der Waals surface area contributed by atoms with Crippen LogP contribution in [0.1, 0.15) is 17.0 Å². The minimum atomic E-state index is 0.680. The van der Waals surface area contributed by atoms with Gasteiger partial charge in [-0.05, 0) is 43.2 Å². The van der Waals surface area contributed by atoms with Crippen molar-refractivity contribution in [3.05, 3.63) is 47.5 Å². The zero-order valence-corrected chi connectivity index (χ0v) is 9.94. The smallest absolute Gasteiger partial charge is 0.129 e. The molecule has 0 atom stereocenters. The van der Waals surface area contributed by atoms with E-state index < -0.39 is 0 Å². The van der Waals surface area contributed by atoms with Gasteiger partial charge < -0.3 is 4.98 Å². The molecule has 1 aromatic carbocycles. The third-order valence-corrected chi connectivity index (χ3v) is 3.02. The number of nitrogens with one attached hydrogen (secondary N) is 1. The molecule has 3 aromatic rings. The summed E-state index contributed by atoms with van der Waals surface area (Å²) in [6.45, 7) is 4.90.